The average Bonchev–Trinajstić information content (AvgIpc) is 2.41. The second kappa shape index (κ2) is 6.22. The highest BCUT2D eigenvalue weighted by Gasteiger charge is 2.16. The van der Waals surface area contributed by atoms with Crippen LogP contribution in [0.1, 0.15) is 24.1 Å². The fourth-order valence-corrected chi connectivity index (χ4v) is 2.34. The Morgan fingerprint density at radius 1 is 1.29 bits per heavy atom. The lowest BCUT2D eigenvalue weighted by Crippen LogP contribution is -2.09. The van der Waals surface area contributed by atoms with E-state index in [0.717, 1.165) is 10.0 Å². The summed E-state index contributed by atoms with van der Waals surface area (Å²) in [5.41, 5.74) is 1.67. The molecule has 0 aliphatic rings. The molecule has 0 amide bonds. The van der Waals surface area contributed by atoms with E-state index < -0.39 is 4.92 Å². The third-order valence-corrected chi connectivity index (χ3v) is 3.72. The number of aryl methyl sites for hydroxylation is 1. The molecular formula is C15H14BrFN2O2. The molecular weight excluding hydrogens is 339 g/mol. The van der Waals surface area contributed by atoms with Crippen molar-refractivity contribution in [2.24, 2.45) is 0 Å². The molecule has 2 aromatic rings. The summed E-state index contributed by atoms with van der Waals surface area (Å²) in [6.07, 6.45) is 0. The number of anilines is 1. The number of halogens is 2. The van der Waals surface area contributed by atoms with Crippen molar-refractivity contribution in [2.75, 3.05) is 5.32 Å². The van der Waals surface area contributed by atoms with Crippen molar-refractivity contribution in [3.63, 3.8) is 0 Å². The summed E-state index contributed by atoms with van der Waals surface area (Å²) in [6.45, 7) is 3.52. The molecule has 0 saturated carbocycles. The zero-order chi connectivity index (χ0) is 15.6. The largest absolute Gasteiger partial charge is 0.373 e. The molecule has 0 aromatic heterocycles. The Morgan fingerprint density at radius 3 is 2.62 bits per heavy atom. The van der Waals surface area contributed by atoms with Crippen molar-refractivity contribution in [3.8, 4) is 0 Å². The molecule has 0 saturated heterocycles. The Hall–Kier alpha value is -1.95. The number of benzene rings is 2. The zero-order valence-corrected chi connectivity index (χ0v) is 13.1. The Balaban J connectivity index is 2.30. The van der Waals surface area contributed by atoms with Gasteiger partial charge in [-0.2, -0.15) is 0 Å². The van der Waals surface area contributed by atoms with Crippen LogP contribution in [0.4, 0.5) is 15.8 Å². The van der Waals surface area contributed by atoms with E-state index in [1.807, 2.05) is 6.92 Å². The lowest BCUT2D eigenvalue weighted by molar-refractivity contribution is -0.384. The van der Waals surface area contributed by atoms with Gasteiger partial charge in [0.05, 0.1) is 4.92 Å². The molecule has 0 fully saturated rings. The van der Waals surface area contributed by atoms with Crippen LogP contribution in [0.15, 0.2) is 40.9 Å². The number of rotatable bonds is 4. The van der Waals surface area contributed by atoms with Gasteiger partial charge in [-0.25, -0.2) is 4.39 Å². The Bertz CT molecular complexity index is 691. The van der Waals surface area contributed by atoms with Gasteiger partial charge in [-0.05, 0) is 43.2 Å². The Morgan fingerprint density at radius 2 is 2.00 bits per heavy atom. The maximum Gasteiger partial charge on any atom is 0.292 e. The normalized spacial score (nSPS) is 12.0. The first-order valence-electron chi connectivity index (χ1n) is 6.35. The van der Waals surface area contributed by atoms with Gasteiger partial charge < -0.3 is 5.32 Å². The van der Waals surface area contributed by atoms with Crippen LogP contribution in [0.25, 0.3) is 0 Å². The molecule has 1 unspecified atom stereocenters. The first-order valence-corrected chi connectivity index (χ1v) is 7.14. The lowest BCUT2D eigenvalue weighted by atomic mass is 10.1. The minimum atomic E-state index is -0.447. The minimum absolute atomic E-state index is 0.0161. The minimum Gasteiger partial charge on any atom is -0.373 e. The second-order valence-electron chi connectivity index (χ2n) is 4.79. The highest BCUT2D eigenvalue weighted by atomic mass is 79.9. The Labute approximate surface area is 130 Å². The van der Waals surface area contributed by atoms with E-state index in [0.29, 0.717) is 11.3 Å². The molecule has 2 aromatic carbocycles. The van der Waals surface area contributed by atoms with Gasteiger partial charge in [0.2, 0.25) is 0 Å². The molecule has 4 nitrogen and oxygen atoms in total. The molecule has 21 heavy (non-hydrogen) atoms. The van der Waals surface area contributed by atoms with Crippen LogP contribution in [0.5, 0.6) is 0 Å². The molecule has 1 N–H and O–H groups in total. The molecule has 0 heterocycles. The van der Waals surface area contributed by atoms with Crippen molar-refractivity contribution < 1.29 is 9.31 Å². The zero-order valence-electron chi connectivity index (χ0n) is 11.6. The lowest BCUT2D eigenvalue weighted by Gasteiger charge is -2.16. The number of nitrogens with one attached hydrogen (secondary N) is 1. The Kier molecular flexibility index (Phi) is 4.57. The van der Waals surface area contributed by atoms with Crippen LogP contribution < -0.4 is 5.32 Å². The molecule has 0 radical (unpaired) electrons. The van der Waals surface area contributed by atoms with Crippen molar-refractivity contribution in [1.82, 2.24) is 0 Å². The van der Waals surface area contributed by atoms with Crippen LogP contribution in [-0.2, 0) is 0 Å². The van der Waals surface area contributed by atoms with Crippen LogP contribution in [0, 0.1) is 22.9 Å². The van der Waals surface area contributed by atoms with Crippen molar-refractivity contribution in [3.05, 3.63) is 67.9 Å². The monoisotopic (exact) mass is 352 g/mol. The maximum atomic E-state index is 13.6. The van der Waals surface area contributed by atoms with Crippen LogP contribution in [-0.4, -0.2) is 4.92 Å². The van der Waals surface area contributed by atoms with Crippen molar-refractivity contribution in [1.29, 1.82) is 0 Å². The fraction of sp³-hybridized carbons (Fsp3) is 0.200. The maximum absolute atomic E-state index is 13.6. The SMILES string of the molecule is Cc1ccc(C(C)Nc2cc(Br)ccc2[N+](=O)[O-])cc1F. The topological polar surface area (TPSA) is 55.2 Å². The molecule has 2 rings (SSSR count). The van der Waals surface area contributed by atoms with E-state index in [2.05, 4.69) is 21.2 Å². The van der Waals surface area contributed by atoms with Crippen LogP contribution in [0.2, 0.25) is 0 Å². The molecule has 110 valence electrons. The summed E-state index contributed by atoms with van der Waals surface area (Å²) in [4.78, 5) is 10.6. The molecule has 0 aliphatic heterocycles. The smallest absolute Gasteiger partial charge is 0.292 e. The first kappa shape index (κ1) is 15.4. The highest BCUT2D eigenvalue weighted by molar-refractivity contribution is 9.10. The fourth-order valence-electron chi connectivity index (χ4n) is 1.98. The molecule has 1 atom stereocenters. The van der Waals surface area contributed by atoms with Gasteiger partial charge in [0, 0.05) is 16.6 Å². The van der Waals surface area contributed by atoms with Gasteiger partial charge >= 0.3 is 0 Å². The summed E-state index contributed by atoms with van der Waals surface area (Å²) in [7, 11) is 0. The predicted octanol–water partition coefficient (Wildman–Crippen LogP) is 4.98. The van der Waals surface area contributed by atoms with E-state index >= 15 is 0 Å². The summed E-state index contributed by atoms with van der Waals surface area (Å²) in [6, 6.07) is 9.36. The first-order chi connectivity index (χ1) is 9.88. The van der Waals surface area contributed by atoms with E-state index in [4.69, 9.17) is 0 Å². The van der Waals surface area contributed by atoms with Crippen molar-refractivity contribution >= 4 is 27.3 Å². The van der Waals surface area contributed by atoms with E-state index in [-0.39, 0.29) is 17.5 Å². The van der Waals surface area contributed by atoms with Gasteiger partial charge in [0.15, 0.2) is 0 Å². The van der Waals surface area contributed by atoms with E-state index in [1.54, 1.807) is 31.2 Å². The van der Waals surface area contributed by atoms with E-state index in [9.17, 15) is 14.5 Å². The van der Waals surface area contributed by atoms with Crippen LogP contribution >= 0.6 is 15.9 Å². The highest BCUT2D eigenvalue weighted by Crippen LogP contribution is 2.31. The molecule has 0 aliphatic carbocycles. The van der Waals surface area contributed by atoms with Gasteiger partial charge in [0.25, 0.3) is 5.69 Å². The summed E-state index contributed by atoms with van der Waals surface area (Å²) >= 11 is 3.29. The second-order valence-corrected chi connectivity index (χ2v) is 5.71. The van der Waals surface area contributed by atoms with Crippen molar-refractivity contribution in [2.45, 2.75) is 19.9 Å². The molecule has 0 spiro atoms. The summed E-state index contributed by atoms with van der Waals surface area (Å²) in [5, 5.41) is 14.1. The number of nitro benzene ring substituents is 1. The summed E-state index contributed by atoms with van der Waals surface area (Å²) in [5.74, 6) is -0.287. The predicted molar refractivity (Wildman–Crippen MR) is 84.0 cm³/mol. The quantitative estimate of drug-likeness (QED) is 0.623. The standard InChI is InChI=1S/C15H14BrFN2O2/c1-9-3-4-11(7-13(9)17)10(2)18-14-8-12(16)5-6-15(14)19(20)21/h3-8,10,18H,1-2H3. The summed E-state index contributed by atoms with van der Waals surface area (Å²) < 4.78 is 14.3. The third kappa shape index (κ3) is 3.58. The van der Waals surface area contributed by atoms with Crippen LogP contribution in [0.3, 0.4) is 0 Å². The number of hydrogen-bond acceptors (Lipinski definition) is 3. The average molecular weight is 353 g/mol. The van der Waals surface area contributed by atoms with Gasteiger partial charge in [-0.15, -0.1) is 0 Å². The van der Waals surface area contributed by atoms with Gasteiger partial charge in [0.1, 0.15) is 11.5 Å². The van der Waals surface area contributed by atoms with Gasteiger partial charge in [-0.1, -0.05) is 28.1 Å². The third-order valence-electron chi connectivity index (χ3n) is 3.22. The molecule has 6 heteroatoms. The molecule has 0 bridgehead atoms. The number of hydrogen-bond donors (Lipinski definition) is 1. The van der Waals surface area contributed by atoms with E-state index in [1.165, 1.54) is 12.1 Å². The number of nitro groups is 1. The van der Waals surface area contributed by atoms with Gasteiger partial charge in [-0.3, -0.25) is 10.1 Å². The number of nitrogens with zero attached hydrogens (tertiary/aromatic N) is 1.